The van der Waals surface area contributed by atoms with Gasteiger partial charge in [-0.25, -0.2) is 4.79 Å². The lowest BCUT2D eigenvalue weighted by molar-refractivity contribution is -0.125. The number of aryl methyl sites for hydroxylation is 1. The quantitative estimate of drug-likeness (QED) is 0.578. The van der Waals surface area contributed by atoms with E-state index in [2.05, 4.69) is 11.4 Å². The van der Waals surface area contributed by atoms with Crippen LogP contribution in [-0.2, 0) is 9.53 Å². The van der Waals surface area contributed by atoms with Crippen LogP contribution in [0.15, 0.2) is 48.5 Å². The molecule has 1 aliphatic rings. The Hall–Kier alpha value is -3.46. The summed E-state index contributed by atoms with van der Waals surface area (Å²) in [7, 11) is 0. The number of amides is 1. The van der Waals surface area contributed by atoms with Gasteiger partial charge in [-0.1, -0.05) is 48.0 Å². The zero-order chi connectivity index (χ0) is 21.0. The van der Waals surface area contributed by atoms with E-state index in [0.717, 1.165) is 18.4 Å². The molecule has 0 unspecified atom stereocenters. The maximum Gasteiger partial charge on any atom is 0.339 e. The molecular formula is C23H22N2O4. The number of hydrogen-bond acceptors (Lipinski definition) is 5. The number of hydrogen-bond donors (Lipinski definition) is 1. The summed E-state index contributed by atoms with van der Waals surface area (Å²) in [4.78, 5) is 37.5. The van der Waals surface area contributed by atoms with Gasteiger partial charge >= 0.3 is 5.97 Å². The van der Waals surface area contributed by atoms with Crippen LogP contribution < -0.4 is 5.32 Å². The van der Waals surface area contributed by atoms with Gasteiger partial charge in [0.1, 0.15) is 5.54 Å². The average molecular weight is 390 g/mol. The molecule has 0 heterocycles. The molecule has 1 N–H and O–H groups in total. The van der Waals surface area contributed by atoms with Gasteiger partial charge in [0.2, 0.25) is 0 Å². The summed E-state index contributed by atoms with van der Waals surface area (Å²) < 4.78 is 5.11. The number of nitriles is 1. The molecule has 3 rings (SSSR count). The molecule has 2 aromatic carbocycles. The second-order valence-corrected chi connectivity index (χ2v) is 7.45. The third kappa shape index (κ3) is 4.69. The van der Waals surface area contributed by atoms with E-state index in [1.165, 1.54) is 6.07 Å². The number of esters is 1. The normalized spacial score (nSPS) is 14.9. The first kappa shape index (κ1) is 20.3. The molecule has 1 saturated carbocycles. The van der Waals surface area contributed by atoms with E-state index in [0.29, 0.717) is 5.56 Å². The smallest absolute Gasteiger partial charge is 0.339 e. The molecule has 0 radical (unpaired) electrons. The summed E-state index contributed by atoms with van der Waals surface area (Å²) in [6.07, 6.45) is 1.78. The summed E-state index contributed by atoms with van der Waals surface area (Å²) in [5, 5.41) is 11.9. The fraction of sp³-hybridized carbons (Fsp3) is 0.304. The van der Waals surface area contributed by atoms with E-state index in [1.54, 1.807) is 37.3 Å². The molecular weight excluding hydrogens is 368 g/mol. The number of ether oxygens (including phenoxy) is 1. The molecule has 6 heteroatoms. The van der Waals surface area contributed by atoms with E-state index >= 15 is 0 Å². The predicted octanol–water partition coefficient (Wildman–Crippen LogP) is 3.19. The van der Waals surface area contributed by atoms with Crippen molar-refractivity contribution >= 4 is 17.7 Å². The Bertz CT molecular complexity index is 987. The average Bonchev–Trinajstić information content (AvgIpc) is 3.58. The molecule has 148 valence electrons. The molecule has 1 fully saturated rings. The highest BCUT2D eigenvalue weighted by Gasteiger charge is 2.43. The van der Waals surface area contributed by atoms with Gasteiger partial charge in [0.15, 0.2) is 12.4 Å². The maximum atomic E-state index is 12.8. The SMILES string of the molecule is Cc1ccc(C(=O)c2ccccc2C(=O)OCC(=O)N[C@@](C)(C#N)C2CC2)cc1. The number of nitrogens with zero attached hydrogens (tertiary/aromatic N) is 1. The highest BCUT2D eigenvalue weighted by molar-refractivity contribution is 6.14. The van der Waals surface area contributed by atoms with Crippen LogP contribution in [0.4, 0.5) is 0 Å². The summed E-state index contributed by atoms with van der Waals surface area (Å²) in [6, 6.07) is 15.5. The number of ketones is 1. The van der Waals surface area contributed by atoms with Gasteiger partial charge in [0.05, 0.1) is 11.6 Å². The summed E-state index contributed by atoms with van der Waals surface area (Å²) >= 11 is 0. The van der Waals surface area contributed by atoms with Crippen LogP contribution in [-0.4, -0.2) is 29.8 Å². The monoisotopic (exact) mass is 390 g/mol. The summed E-state index contributed by atoms with van der Waals surface area (Å²) in [6.45, 7) is 3.07. The van der Waals surface area contributed by atoms with Gasteiger partial charge in [0.25, 0.3) is 5.91 Å². The Balaban J connectivity index is 1.68. The molecule has 1 amide bonds. The number of carbonyl (C=O) groups is 3. The first-order valence-corrected chi connectivity index (χ1v) is 9.44. The fourth-order valence-electron chi connectivity index (χ4n) is 3.14. The van der Waals surface area contributed by atoms with Crippen LogP contribution in [0, 0.1) is 24.2 Å². The largest absolute Gasteiger partial charge is 0.452 e. The Morgan fingerprint density at radius 1 is 1.10 bits per heavy atom. The molecule has 0 aromatic heterocycles. The summed E-state index contributed by atoms with van der Waals surface area (Å²) in [5.74, 6) is -1.48. The zero-order valence-electron chi connectivity index (χ0n) is 16.4. The second-order valence-electron chi connectivity index (χ2n) is 7.45. The highest BCUT2D eigenvalue weighted by Crippen LogP contribution is 2.39. The van der Waals surface area contributed by atoms with Gasteiger partial charge in [-0.15, -0.1) is 0 Å². The van der Waals surface area contributed by atoms with Gasteiger partial charge in [-0.3, -0.25) is 9.59 Å². The molecule has 29 heavy (non-hydrogen) atoms. The first-order chi connectivity index (χ1) is 13.8. The summed E-state index contributed by atoms with van der Waals surface area (Å²) in [5.41, 5.74) is 0.833. The third-order valence-corrected chi connectivity index (χ3v) is 5.06. The maximum absolute atomic E-state index is 12.8. The lowest BCUT2D eigenvalue weighted by atomic mass is 9.97. The minimum absolute atomic E-state index is 0.0936. The second kappa shape index (κ2) is 8.27. The lowest BCUT2D eigenvalue weighted by Crippen LogP contribution is -2.48. The highest BCUT2D eigenvalue weighted by atomic mass is 16.5. The molecule has 0 spiro atoms. The van der Waals surface area contributed by atoms with Crippen molar-refractivity contribution in [2.45, 2.75) is 32.2 Å². The molecule has 0 saturated heterocycles. The molecule has 1 atom stereocenters. The third-order valence-electron chi connectivity index (χ3n) is 5.06. The van der Waals surface area contributed by atoms with Gasteiger partial charge in [-0.05, 0) is 38.7 Å². The zero-order valence-corrected chi connectivity index (χ0v) is 16.4. The van der Waals surface area contributed by atoms with Gasteiger partial charge in [0, 0.05) is 11.1 Å². The van der Waals surface area contributed by atoms with E-state index in [1.807, 2.05) is 19.1 Å². The number of benzene rings is 2. The van der Waals surface area contributed by atoms with E-state index in [4.69, 9.17) is 4.74 Å². The molecule has 2 aromatic rings. The van der Waals surface area contributed by atoms with E-state index in [9.17, 15) is 19.6 Å². The molecule has 0 aliphatic heterocycles. The number of rotatable bonds is 7. The molecule has 1 aliphatic carbocycles. The predicted molar refractivity (Wildman–Crippen MR) is 106 cm³/mol. The van der Waals surface area contributed by atoms with Gasteiger partial charge < -0.3 is 10.1 Å². The van der Waals surface area contributed by atoms with Crippen molar-refractivity contribution in [2.24, 2.45) is 5.92 Å². The van der Waals surface area contributed by atoms with Crippen molar-refractivity contribution in [3.8, 4) is 6.07 Å². The van der Waals surface area contributed by atoms with E-state index in [-0.39, 0.29) is 22.8 Å². The van der Waals surface area contributed by atoms with Gasteiger partial charge in [-0.2, -0.15) is 5.26 Å². The molecule has 0 bridgehead atoms. The van der Waals surface area contributed by atoms with Crippen LogP contribution >= 0.6 is 0 Å². The topological polar surface area (TPSA) is 96.3 Å². The van der Waals surface area contributed by atoms with Crippen molar-refractivity contribution < 1.29 is 19.1 Å². The minimum atomic E-state index is -0.956. The minimum Gasteiger partial charge on any atom is -0.452 e. The lowest BCUT2D eigenvalue weighted by Gasteiger charge is -2.22. The fourth-order valence-corrected chi connectivity index (χ4v) is 3.14. The number of nitrogens with one attached hydrogen (secondary N) is 1. The van der Waals surface area contributed by atoms with Crippen molar-refractivity contribution in [3.63, 3.8) is 0 Å². The van der Waals surface area contributed by atoms with Crippen molar-refractivity contribution in [1.82, 2.24) is 5.32 Å². The van der Waals surface area contributed by atoms with Crippen molar-refractivity contribution in [2.75, 3.05) is 6.61 Å². The Kier molecular flexibility index (Phi) is 5.79. The van der Waals surface area contributed by atoms with Crippen LogP contribution in [0.2, 0.25) is 0 Å². The van der Waals surface area contributed by atoms with E-state index < -0.39 is 24.0 Å². The van der Waals surface area contributed by atoms with Crippen LogP contribution in [0.5, 0.6) is 0 Å². The van der Waals surface area contributed by atoms with Crippen molar-refractivity contribution in [1.29, 1.82) is 5.26 Å². The van der Waals surface area contributed by atoms with Crippen molar-refractivity contribution in [3.05, 3.63) is 70.8 Å². The Morgan fingerprint density at radius 3 is 2.31 bits per heavy atom. The Labute approximate surface area is 169 Å². The first-order valence-electron chi connectivity index (χ1n) is 9.44. The van der Waals surface area contributed by atoms with Crippen LogP contribution in [0.3, 0.4) is 0 Å². The number of carbonyl (C=O) groups excluding carboxylic acids is 3. The Morgan fingerprint density at radius 2 is 1.72 bits per heavy atom. The standard InChI is InChI=1S/C23H22N2O4/c1-15-7-9-16(10-8-15)21(27)18-5-3-4-6-19(18)22(28)29-13-20(26)25-23(2,14-24)17-11-12-17/h3-10,17H,11-13H2,1-2H3,(H,25,26)/t23-/m0/s1. The molecule has 6 nitrogen and oxygen atoms in total. The van der Waals surface area contributed by atoms with Crippen LogP contribution in [0.1, 0.15) is 51.6 Å². The van der Waals surface area contributed by atoms with Crippen LogP contribution in [0.25, 0.3) is 0 Å².